The second-order valence-electron chi connectivity index (χ2n) is 5.62. The lowest BCUT2D eigenvalue weighted by atomic mass is 10.1. The summed E-state index contributed by atoms with van der Waals surface area (Å²) in [5, 5.41) is 7.69. The van der Waals surface area contributed by atoms with Crippen molar-refractivity contribution in [3.8, 4) is 5.75 Å². The number of anilines is 1. The lowest BCUT2D eigenvalue weighted by molar-refractivity contribution is -0.137. The van der Waals surface area contributed by atoms with Crippen LogP contribution in [0.5, 0.6) is 5.75 Å². The number of halogens is 3. The predicted molar refractivity (Wildman–Crippen MR) is 92.5 cm³/mol. The van der Waals surface area contributed by atoms with Gasteiger partial charge in [-0.15, -0.1) is 0 Å². The van der Waals surface area contributed by atoms with Crippen LogP contribution in [0.25, 0.3) is 0 Å². The van der Waals surface area contributed by atoms with Crippen LogP contribution in [0, 0.1) is 0 Å². The minimum atomic E-state index is -4.73. The van der Waals surface area contributed by atoms with Crippen LogP contribution in [0.3, 0.4) is 0 Å². The molecule has 2 aromatic carbocycles. The van der Waals surface area contributed by atoms with E-state index in [0.29, 0.717) is 18.4 Å². The highest BCUT2D eigenvalue weighted by Crippen LogP contribution is 2.37. The molecule has 2 rings (SSSR count). The number of ether oxygens (including phenoxy) is 1. The Bertz CT molecular complexity index is 866. The normalized spacial score (nSPS) is 13.3. The SMILES string of the molecule is CCOc1ccc(C(C)Nc2ccc(S(N)(=O)=O)cc2C(F)(F)F)cc1. The molecule has 0 amide bonds. The highest BCUT2D eigenvalue weighted by molar-refractivity contribution is 7.89. The van der Waals surface area contributed by atoms with Crippen molar-refractivity contribution in [3.63, 3.8) is 0 Å². The maximum Gasteiger partial charge on any atom is 0.418 e. The Morgan fingerprint density at radius 3 is 2.27 bits per heavy atom. The van der Waals surface area contributed by atoms with E-state index in [0.717, 1.165) is 17.7 Å². The molecule has 0 saturated heterocycles. The lowest BCUT2D eigenvalue weighted by Crippen LogP contribution is -2.17. The van der Waals surface area contributed by atoms with Gasteiger partial charge in [-0.3, -0.25) is 0 Å². The van der Waals surface area contributed by atoms with Gasteiger partial charge in [-0.2, -0.15) is 13.2 Å². The van der Waals surface area contributed by atoms with Crippen molar-refractivity contribution in [2.45, 2.75) is 31.0 Å². The van der Waals surface area contributed by atoms with E-state index in [-0.39, 0.29) is 5.69 Å². The second-order valence-corrected chi connectivity index (χ2v) is 7.18. The van der Waals surface area contributed by atoms with Crippen molar-refractivity contribution >= 4 is 15.7 Å². The molecule has 9 heteroatoms. The van der Waals surface area contributed by atoms with Crippen molar-refractivity contribution < 1.29 is 26.3 Å². The van der Waals surface area contributed by atoms with Crippen molar-refractivity contribution in [1.29, 1.82) is 0 Å². The number of nitrogens with two attached hydrogens (primary N) is 1. The number of benzene rings is 2. The van der Waals surface area contributed by atoms with Crippen LogP contribution in [-0.2, 0) is 16.2 Å². The van der Waals surface area contributed by atoms with Crippen LogP contribution in [-0.4, -0.2) is 15.0 Å². The van der Waals surface area contributed by atoms with E-state index in [1.807, 2.05) is 6.92 Å². The monoisotopic (exact) mass is 388 g/mol. The Morgan fingerprint density at radius 2 is 1.77 bits per heavy atom. The number of rotatable bonds is 6. The minimum Gasteiger partial charge on any atom is -0.494 e. The first kappa shape index (κ1) is 20.1. The molecule has 0 fully saturated rings. The molecule has 0 spiro atoms. The largest absolute Gasteiger partial charge is 0.494 e. The zero-order chi connectivity index (χ0) is 19.5. The number of nitrogens with one attached hydrogen (secondary N) is 1. The van der Waals surface area contributed by atoms with Crippen LogP contribution in [0.15, 0.2) is 47.4 Å². The maximum absolute atomic E-state index is 13.3. The third-order valence-electron chi connectivity index (χ3n) is 3.69. The molecule has 5 nitrogen and oxygen atoms in total. The molecular weight excluding hydrogens is 369 g/mol. The second kappa shape index (κ2) is 7.55. The van der Waals surface area contributed by atoms with E-state index < -0.39 is 32.7 Å². The highest BCUT2D eigenvalue weighted by Gasteiger charge is 2.35. The van der Waals surface area contributed by atoms with Crippen molar-refractivity contribution in [3.05, 3.63) is 53.6 Å². The molecule has 0 radical (unpaired) electrons. The Labute approximate surface area is 150 Å². The maximum atomic E-state index is 13.3. The zero-order valence-corrected chi connectivity index (χ0v) is 15.0. The molecule has 0 saturated carbocycles. The molecule has 0 aliphatic rings. The van der Waals surface area contributed by atoms with Gasteiger partial charge >= 0.3 is 6.18 Å². The summed E-state index contributed by atoms with van der Waals surface area (Å²) in [6.45, 7) is 4.06. The summed E-state index contributed by atoms with van der Waals surface area (Å²) in [5.74, 6) is 0.664. The van der Waals surface area contributed by atoms with Gasteiger partial charge in [-0.1, -0.05) is 12.1 Å². The first-order valence-electron chi connectivity index (χ1n) is 7.75. The first-order valence-corrected chi connectivity index (χ1v) is 9.30. The molecule has 0 bridgehead atoms. The molecule has 26 heavy (non-hydrogen) atoms. The van der Waals surface area contributed by atoms with Gasteiger partial charge in [0.1, 0.15) is 5.75 Å². The summed E-state index contributed by atoms with van der Waals surface area (Å²) in [6, 6.07) is 9.13. The van der Waals surface area contributed by atoms with E-state index in [1.54, 1.807) is 31.2 Å². The van der Waals surface area contributed by atoms with E-state index in [2.05, 4.69) is 5.32 Å². The van der Waals surface area contributed by atoms with E-state index >= 15 is 0 Å². The van der Waals surface area contributed by atoms with E-state index in [9.17, 15) is 21.6 Å². The van der Waals surface area contributed by atoms with Gasteiger partial charge in [0.05, 0.1) is 17.1 Å². The third-order valence-corrected chi connectivity index (χ3v) is 4.60. The summed E-state index contributed by atoms with van der Waals surface area (Å²) >= 11 is 0. The van der Waals surface area contributed by atoms with Gasteiger partial charge in [-0.05, 0) is 49.7 Å². The summed E-state index contributed by atoms with van der Waals surface area (Å²) in [6.07, 6.45) is -4.73. The summed E-state index contributed by atoms with van der Waals surface area (Å²) < 4.78 is 67.9. The Kier molecular flexibility index (Phi) is 5.82. The lowest BCUT2D eigenvalue weighted by Gasteiger charge is -2.20. The fraction of sp³-hybridized carbons (Fsp3) is 0.294. The molecule has 3 N–H and O–H groups in total. The topological polar surface area (TPSA) is 81.4 Å². The van der Waals surface area contributed by atoms with Crippen molar-refractivity contribution in [1.82, 2.24) is 0 Å². The summed E-state index contributed by atoms with van der Waals surface area (Å²) in [4.78, 5) is -0.593. The van der Waals surface area contributed by atoms with Gasteiger partial charge in [0.25, 0.3) is 0 Å². The smallest absolute Gasteiger partial charge is 0.418 e. The number of primary sulfonamides is 1. The standard InChI is InChI=1S/C17H19F3N2O3S/c1-3-25-13-6-4-12(5-7-13)11(2)22-16-9-8-14(26(21,23)24)10-15(16)17(18,19)20/h4-11,22H,3H2,1-2H3,(H2,21,23,24). The van der Waals surface area contributed by atoms with Crippen LogP contribution in [0.2, 0.25) is 0 Å². The van der Waals surface area contributed by atoms with E-state index in [4.69, 9.17) is 9.88 Å². The Morgan fingerprint density at radius 1 is 1.15 bits per heavy atom. The average molecular weight is 388 g/mol. The van der Waals surface area contributed by atoms with Gasteiger partial charge in [0.2, 0.25) is 10.0 Å². The molecule has 0 aliphatic heterocycles. The molecule has 1 atom stereocenters. The average Bonchev–Trinajstić information content (AvgIpc) is 2.54. The molecular formula is C17H19F3N2O3S. The van der Waals surface area contributed by atoms with Gasteiger partial charge in [0.15, 0.2) is 0 Å². The number of sulfonamides is 1. The Balaban J connectivity index is 2.33. The van der Waals surface area contributed by atoms with Gasteiger partial charge < -0.3 is 10.1 Å². The van der Waals surface area contributed by atoms with Crippen molar-refractivity contribution in [2.75, 3.05) is 11.9 Å². The number of alkyl halides is 3. The summed E-state index contributed by atoms with van der Waals surface area (Å²) in [7, 11) is -4.23. The van der Waals surface area contributed by atoms with Crippen LogP contribution < -0.4 is 15.2 Å². The molecule has 0 heterocycles. The molecule has 0 aliphatic carbocycles. The number of hydrogen-bond donors (Lipinski definition) is 2. The summed E-state index contributed by atoms with van der Waals surface area (Å²) in [5.41, 5.74) is -0.579. The first-order chi connectivity index (χ1) is 12.0. The number of hydrogen-bond acceptors (Lipinski definition) is 4. The minimum absolute atomic E-state index is 0.230. The van der Waals surface area contributed by atoms with Gasteiger partial charge in [-0.25, -0.2) is 13.6 Å². The fourth-order valence-electron chi connectivity index (χ4n) is 2.40. The quantitative estimate of drug-likeness (QED) is 0.786. The predicted octanol–water partition coefficient (Wildman–Crippen LogP) is 3.92. The molecule has 2 aromatic rings. The van der Waals surface area contributed by atoms with Gasteiger partial charge in [0, 0.05) is 11.7 Å². The highest BCUT2D eigenvalue weighted by atomic mass is 32.2. The van der Waals surface area contributed by atoms with Crippen LogP contribution in [0.4, 0.5) is 18.9 Å². The fourth-order valence-corrected chi connectivity index (χ4v) is 2.94. The van der Waals surface area contributed by atoms with E-state index in [1.165, 1.54) is 0 Å². The van der Waals surface area contributed by atoms with Crippen LogP contribution >= 0.6 is 0 Å². The third kappa shape index (κ3) is 4.89. The molecule has 1 unspecified atom stereocenters. The molecule has 0 aromatic heterocycles. The van der Waals surface area contributed by atoms with Crippen LogP contribution in [0.1, 0.15) is 31.0 Å². The zero-order valence-electron chi connectivity index (χ0n) is 14.2. The molecule has 142 valence electrons. The Hall–Kier alpha value is -2.26. The van der Waals surface area contributed by atoms with Crippen molar-refractivity contribution in [2.24, 2.45) is 5.14 Å².